The maximum atomic E-state index is 12.6. The number of rotatable bonds is 5. The zero-order chi connectivity index (χ0) is 20.5. The largest absolute Gasteiger partial charge is 0.497 e. The monoisotopic (exact) mass is 397 g/mol. The van der Waals surface area contributed by atoms with Crippen LogP contribution >= 0.6 is 0 Å². The van der Waals surface area contributed by atoms with Gasteiger partial charge in [0, 0.05) is 37.8 Å². The van der Waals surface area contributed by atoms with Gasteiger partial charge in [-0.05, 0) is 55.5 Å². The van der Waals surface area contributed by atoms with E-state index in [-0.39, 0.29) is 18.2 Å². The van der Waals surface area contributed by atoms with Gasteiger partial charge in [0.25, 0.3) is 0 Å². The van der Waals surface area contributed by atoms with Gasteiger partial charge in [-0.15, -0.1) is 0 Å². The molecule has 0 spiro atoms. The van der Waals surface area contributed by atoms with Crippen LogP contribution in [0, 0.1) is 11.8 Å². The lowest BCUT2D eigenvalue weighted by atomic mass is 9.72. The molecule has 29 heavy (non-hydrogen) atoms. The smallest absolute Gasteiger partial charge is 0.409 e. The molecule has 1 unspecified atom stereocenters. The van der Waals surface area contributed by atoms with E-state index in [1.807, 2.05) is 30.5 Å². The van der Waals surface area contributed by atoms with Crippen LogP contribution in [0.3, 0.4) is 0 Å². The number of aromatic nitrogens is 1. The number of ether oxygens (including phenoxy) is 2. The van der Waals surface area contributed by atoms with Gasteiger partial charge < -0.3 is 14.4 Å². The first-order valence-electron chi connectivity index (χ1n) is 10.6. The number of hydrogen-bond acceptors (Lipinski definition) is 5. The third-order valence-electron chi connectivity index (χ3n) is 6.69. The van der Waals surface area contributed by atoms with Crippen molar-refractivity contribution in [3.8, 4) is 5.75 Å². The van der Waals surface area contributed by atoms with Crippen LogP contribution < -0.4 is 4.74 Å². The highest BCUT2D eigenvalue weighted by Gasteiger charge is 2.44. The van der Waals surface area contributed by atoms with Crippen molar-refractivity contribution in [1.29, 1.82) is 0 Å². The molecule has 3 saturated heterocycles. The Balaban J connectivity index is 1.76. The molecule has 4 heterocycles. The minimum absolute atomic E-state index is 0.192. The van der Waals surface area contributed by atoms with E-state index in [4.69, 9.17) is 9.47 Å². The summed E-state index contributed by atoms with van der Waals surface area (Å²) in [6, 6.07) is 8.06. The molecule has 3 aliphatic rings. The van der Waals surface area contributed by atoms with Crippen LogP contribution in [-0.2, 0) is 4.74 Å². The molecule has 6 nitrogen and oxygen atoms in total. The second-order valence-corrected chi connectivity index (χ2v) is 8.50. The third kappa shape index (κ3) is 3.78. The van der Waals surface area contributed by atoms with E-state index < -0.39 is 0 Å². The molecule has 0 aliphatic carbocycles. The van der Waals surface area contributed by atoms with Crippen molar-refractivity contribution >= 4 is 17.0 Å². The highest BCUT2D eigenvalue weighted by atomic mass is 16.6. The van der Waals surface area contributed by atoms with Gasteiger partial charge in [0.2, 0.25) is 0 Å². The van der Waals surface area contributed by atoms with E-state index in [1.54, 1.807) is 21.2 Å². The predicted molar refractivity (Wildman–Crippen MR) is 113 cm³/mol. The summed E-state index contributed by atoms with van der Waals surface area (Å²) < 4.78 is 11.6. The number of benzene rings is 1. The molecule has 0 saturated carbocycles. The van der Waals surface area contributed by atoms with Gasteiger partial charge in [0.05, 0.1) is 18.7 Å². The lowest BCUT2D eigenvalue weighted by Gasteiger charge is -2.51. The quantitative estimate of drug-likeness (QED) is 0.760. The Hall–Kier alpha value is -2.34. The number of hydrogen-bond donors (Lipinski definition) is 0. The van der Waals surface area contributed by atoms with Gasteiger partial charge in [-0.2, -0.15) is 0 Å². The molecule has 1 aromatic heterocycles. The standard InChI is InChI=1S/C23H31N3O3/c1-5-15-14-26-11-9-16(15)12-21(26)22(29-23(27)25(2)3)18-8-10-24-20-7-6-17(28-4)13-19(18)20/h6-8,10,13,15-16,21-22H,5,9,11-12,14H2,1-4H3/t15-,16-,21+,22-/m0/s1. The molecule has 6 heteroatoms. The number of amides is 1. The predicted octanol–water partition coefficient (Wildman–Crippen LogP) is 4.10. The second kappa shape index (κ2) is 8.19. The molecular formula is C23H31N3O3. The summed E-state index contributed by atoms with van der Waals surface area (Å²) in [7, 11) is 5.12. The first kappa shape index (κ1) is 20.0. The molecule has 2 aromatic rings. The molecule has 5 atom stereocenters. The molecule has 0 radical (unpaired) electrons. The summed E-state index contributed by atoms with van der Waals surface area (Å²) in [5.41, 5.74) is 1.89. The van der Waals surface area contributed by atoms with Crippen molar-refractivity contribution in [2.45, 2.75) is 38.3 Å². The van der Waals surface area contributed by atoms with Gasteiger partial charge in [0.1, 0.15) is 11.9 Å². The summed E-state index contributed by atoms with van der Waals surface area (Å²) in [6.07, 6.45) is 4.70. The van der Waals surface area contributed by atoms with Gasteiger partial charge in [0.15, 0.2) is 0 Å². The zero-order valence-electron chi connectivity index (χ0n) is 17.8. The van der Waals surface area contributed by atoms with Crippen LogP contribution in [0.25, 0.3) is 10.9 Å². The number of carbonyl (C=O) groups excluding carboxylic acids is 1. The Morgan fingerprint density at radius 1 is 1.34 bits per heavy atom. The van der Waals surface area contributed by atoms with Crippen molar-refractivity contribution in [2.75, 3.05) is 34.3 Å². The fourth-order valence-electron chi connectivity index (χ4n) is 5.04. The average Bonchev–Trinajstić information content (AvgIpc) is 2.76. The topological polar surface area (TPSA) is 54.9 Å². The summed E-state index contributed by atoms with van der Waals surface area (Å²) in [6.45, 7) is 4.45. The lowest BCUT2D eigenvalue weighted by molar-refractivity contribution is -0.0641. The Labute approximate surface area is 172 Å². The first-order chi connectivity index (χ1) is 14.0. The minimum Gasteiger partial charge on any atom is -0.497 e. The van der Waals surface area contributed by atoms with Crippen LogP contribution in [0.5, 0.6) is 5.75 Å². The summed E-state index contributed by atoms with van der Waals surface area (Å²) in [4.78, 5) is 21.2. The lowest BCUT2D eigenvalue weighted by Crippen LogP contribution is -2.55. The van der Waals surface area contributed by atoms with Crippen LogP contribution in [0.2, 0.25) is 0 Å². The van der Waals surface area contributed by atoms with Crippen LogP contribution in [0.1, 0.15) is 37.9 Å². The van der Waals surface area contributed by atoms with Crippen molar-refractivity contribution in [1.82, 2.24) is 14.8 Å². The summed E-state index contributed by atoms with van der Waals surface area (Å²) >= 11 is 0. The van der Waals surface area contributed by atoms with Crippen LogP contribution in [-0.4, -0.2) is 61.2 Å². The summed E-state index contributed by atoms with van der Waals surface area (Å²) in [5.74, 6) is 2.23. The second-order valence-electron chi connectivity index (χ2n) is 8.50. The first-order valence-corrected chi connectivity index (χ1v) is 10.6. The van der Waals surface area contributed by atoms with Gasteiger partial charge in [-0.25, -0.2) is 4.79 Å². The molecule has 1 aromatic carbocycles. The number of fused-ring (bicyclic) bond motifs is 4. The summed E-state index contributed by atoms with van der Waals surface area (Å²) in [5, 5.41) is 0.984. The maximum Gasteiger partial charge on any atom is 0.409 e. The van der Waals surface area contributed by atoms with Crippen molar-refractivity contribution in [3.05, 3.63) is 36.0 Å². The van der Waals surface area contributed by atoms with Crippen molar-refractivity contribution in [3.63, 3.8) is 0 Å². The maximum absolute atomic E-state index is 12.6. The molecule has 1 amide bonds. The Morgan fingerprint density at radius 2 is 2.17 bits per heavy atom. The Bertz CT molecular complexity index is 885. The molecule has 5 rings (SSSR count). The van der Waals surface area contributed by atoms with Crippen molar-refractivity contribution < 1.29 is 14.3 Å². The number of methoxy groups -OCH3 is 1. The number of carbonyl (C=O) groups is 1. The van der Waals surface area contributed by atoms with E-state index in [9.17, 15) is 4.79 Å². The highest BCUT2D eigenvalue weighted by molar-refractivity contribution is 5.84. The van der Waals surface area contributed by atoms with Gasteiger partial charge in [-0.1, -0.05) is 13.3 Å². The fraction of sp³-hybridized carbons (Fsp3) is 0.565. The van der Waals surface area contributed by atoms with Gasteiger partial charge >= 0.3 is 6.09 Å². The zero-order valence-corrected chi connectivity index (χ0v) is 17.8. The normalized spacial score (nSPS) is 26.9. The molecule has 3 fully saturated rings. The highest BCUT2D eigenvalue weighted by Crippen LogP contribution is 2.44. The Kier molecular flexibility index (Phi) is 5.63. The fourth-order valence-corrected chi connectivity index (χ4v) is 5.04. The van der Waals surface area contributed by atoms with Crippen LogP contribution in [0.4, 0.5) is 4.79 Å². The molecule has 156 valence electrons. The Morgan fingerprint density at radius 3 is 2.83 bits per heavy atom. The molecular weight excluding hydrogens is 366 g/mol. The number of pyridine rings is 1. The van der Waals surface area contributed by atoms with E-state index in [2.05, 4.69) is 16.8 Å². The number of piperidine rings is 3. The van der Waals surface area contributed by atoms with E-state index in [0.717, 1.165) is 47.6 Å². The molecule has 3 aliphatic heterocycles. The third-order valence-corrected chi connectivity index (χ3v) is 6.69. The average molecular weight is 398 g/mol. The molecule has 2 bridgehead atoms. The number of nitrogens with zero attached hydrogens (tertiary/aromatic N) is 3. The van der Waals surface area contributed by atoms with Crippen LogP contribution in [0.15, 0.2) is 30.5 Å². The molecule has 0 N–H and O–H groups in total. The van der Waals surface area contributed by atoms with E-state index in [1.165, 1.54) is 17.7 Å². The van der Waals surface area contributed by atoms with E-state index >= 15 is 0 Å². The van der Waals surface area contributed by atoms with E-state index in [0.29, 0.717) is 5.92 Å². The van der Waals surface area contributed by atoms with Crippen molar-refractivity contribution in [2.24, 2.45) is 11.8 Å². The SMILES string of the molecule is CC[C@H]1CN2CC[C@H]1C[C@@H]2[C@@H](OC(=O)N(C)C)c1ccnc2ccc(OC)cc12. The van der Waals surface area contributed by atoms with Gasteiger partial charge in [-0.3, -0.25) is 9.88 Å². The minimum atomic E-state index is -0.330.